The van der Waals surface area contributed by atoms with Gasteiger partial charge in [0.2, 0.25) is 5.91 Å². The van der Waals surface area contributed by atoms with Gasteiger partial charge in [-0.05, 0) is 43.3 Å². The van der Waals surface area contributed by atoms with Gasteiger partial charge >= 0.3 is 0 Å². The van der Waals surface area contributed by atoms with Gasteiger partial charge in [0, 0.05) is 43.3 Å². The van der Waals surface area contributed by atoms with Gasteiger partial charge in [-0.2, -0.15) is 0 Å². The van der Waals surface area contributed by atoms with Crippen LogP contribution >= 0.6 is 11.6 Å². The van der Waals surface area contributed by atoms with Crippen LogP contribution in [0.1, 0.15) is 24.1 Å². The molecule has 2 aromatic rings. The SMILES string of the molecule is C/C(=C\c1ccccc1)C(=O)NCC(c1ccc(Cl)cc1)N1CCN(C)CC1. The molecule has 0 spiro atoms. The number of carbonyl (C=O) groups excluding carboxylic acids is 1. The van der Waals surface area contributed by atoms with Crippen LogP contribution in [-0.2, 0) is 4.79 Å². The minimum atomic E-state index is -0.0306. The van der Waals surface area contributed by atoms with Gasteiger partial charge in [-0.1, -0.05) is 54.1 Å². The van der Waals surface area contributed by atoms with Crippen LogP contribution in [0.2, 0.25) is 5.02 Å². The van der Waals surface area contributed by atoms with Crippen molar-refractivity contribution in [3.05, 3.63) is 76.3 Å². The molecule has 148 valence electrons. The van der Waals surface area contributed by atoms with Crippen molar-refractivity contribution in [2.75, 3.05) is 39.8 Å². The van der Waals surface area contributed by atoms with Gasteiger partial charge in [0.15, 0.2) is 0 Å². The van der Waals surface area contributed by atoms with E-state index in [1.807, 2.05) is 55.5 Å². The van der Waals surface area contributed by atoms with E-state index in [1.54, 1.807) is 0 Å². The lowest BCUT2D eigenvalue weighted by Gasteiger charge is -2.38. The number of amides is 1. The highest BCUT2D eigenvalue weighted by atomic mass is 35.5. The molecule has 3 rings (SSSR count). The smallest absolute Gasteiger partial charge is 0.247 e. The summed E-state index contributed by atoms with van der Waals surface area (Å²) in [6.45, 7) is 6.46. The van der Waals surface area contributed by atoms with E-state index in [1.165, 1.54) is 5.56 Å². The Morgan fingerprint density at radius 3 is 2.36 bits per heavy atom. The van der Waals surface area contributed by atoms with Gasteiger partial charge in [-0.15, -0.1) is 0 Å². The summed E-state index contributed by atoms with van der Waals surface area (Å²) in [6, 6.07) is 18.0. The highest BCUT2D eigenvalue weighted by Crippen LogP contribution is 2.23. The summed E-state index contributed by atoms with van der Waals surface area (Å²) in [7, 11) is 2.15. The average Bonchev–Trinajstić information content (AvgIpc) is 2.71. The number of rotatable bonds is 6. The van der Waals surface area contributed by atoms with Crippen molar-refractivity contribution >= 4 is 23.6 Å². The Labute approximate surface area is 172 Å². The average molecular weight is 398 g/mol. The molecule has 0 bridgehead atoms. The third kappa shape index (κ3) is 5.68. The number of nitrogens with zero attached hydrogens (tertiary/aromatic N) is 2. The van der Waals surface area contributed by atoms with E-state index in [0.29, 0.717) is 12.1 Å². The fourth-order valence-electron chi connectivity index (χ4n) is 3.47. The van der Waals surface area contributed by atoms with E-state index >= 15 is 0 Å². The molecule has 1 saturated heterocycles. The maximum Gasteiger partial charge on any atom is 0.247 e. The second kappa shape index (κ2) is 9.87. The molecule has 1 aliphatic heterocycles. The van der Waals surface area contributed by atoms with Gasteiger partial charge in [-0.25, -0.2) is 0 Å². The zero-order valence-electron chi connectivity index (χ0n) is 16.6. The Kier molecular flexibility index (Phi) is 7.26. The van der Waals surface area contributed by atoms with Crippen LogP contribution in [0.3, 0.4) is 0 Å². The molecule has 1 aliphatic rings. The predicted octanol–water partition coefficient (Wildman–Crippen LogP) is 3.85. The number of halogens is 1. The standard InChI is InChI=1S/C23H28ClN3O/c1-18(16-19-6-4-3-5-7-19)23(28)25-17-22(20-8-10-21(24)11-9-20)27-14-12-26(2)13-15-27/h3-11,16,22H,12-15,17H2,1-2H3,(H,25,28)/b18-16+. The molecule has 1 heterocycles. The van der Waals surface area contributed by atoms with Crippen molar-refractivity contribution < 1.29 is 4.79 Å². The van der Waals surface area contributed by atoms with E-state index in [-0.39, 0.29) is 11.9 Å². The van der Waals surface area contributed by atoms with Gasteiger partial charge in [-0.3, -0.25) is 9.69 Å². The molecular formula is C23H28ClN3O. The number of benzene rings is 2. The number of nitrogens with one attached hydrogen (secondary N) is 1. The number of hydrogen-bond acceptors (Lipinski definition) is 3. The fourth-order valence-corrected chi connectivity index (χ4v) is 3.60. The number of piperazine rings is 1. The van der Waals surface area contributed by atoms with E-state index in [9.17, 15) is 4.79 Å². The number of hydrogen-bond donors (Lipinski definition) is 1. The van der Waals surface area contributed by atoms with Gasteiger partial charge in [0.1, 0.15) is 0 Å². The zero-order valence-corrected chi connectivity index (χ0v) is 17.3. The molecular weight excluding hydrogens is 370 g/mol. The van der Waals surface area contributed by atoms with E-state index in [2.05, 4.69) is 34.3 Å². The maximum atomic E-state index is 12.6. The first-order valence-corrected chi connectivity index (χ1v) is 10.1. The Hall–Kier alpha value is -2.14. The van der Waals surface area contributed by atoms with Crippen molar-refractivity contribution in [3.8, 4) is 0 Å². The van der Waals surface area contributed by atoms with Crippen LogP contribution in [0.25, 0.3) is 6.08 Å². The molecule has 28 heavy (non-hydrogen) atoms. The highest BCUT2D eigenvalue weighted by Gasteiger charge is 2.24. The summed E-state index contributed by atoms with van der Waals surface area (Å²) in [5.41, 5.74) is 2.92. The lowest BCUT2D eigenvalue weighted by atomic mass is 10.0. The molecule has 0 radical (unpaired) electrons. The van der Waals surface area contributed by atoms with E-state index < -0.39 is 0 Å². The van der Waals surface area contributed by atoms with Crippen LogP contribution in [-0.4, -0.2) is 55.5 Å². The Bertz CT molecular complexity index is 796. The van der Waals surface area contributed by atoms with Crippen molar-refractivity contribution in [2.45, 2.75) is 13.0 Å². The Morgan fingerprint density at radius 2 is 1.71 bits per heavy atom. The van der Waals surface area contributed by atoms with Crippen LogP contribution in [0.15, 0.2) is 60.2 Å². The molecule has 1 atom stereocenters. The second-order valence-corrected chi connectivity index (χ2v) is 7.79. The van der Waals surface area contributed by atoms with Crippen molar-refractivity contribution in [3.63, 3.8) is 0 Å². The molecule has 2 aromatic carbocycles. The zero-order chi connectivity index (χ0) is 19.9. The molecule has 1 unspecified atom stereocenters. The second-order valence-electron chi connectivity index (χ2n) is 7.35. The summed E-state index contributed by atoms with van der Waals surface area (Å²) in [6.07, 6.45) is 1.92. The molecule has 0 aliphatic carbocycles. The van der Waals surface area contributed by atoms with E-state index in [4.69, 9.17) is 11.6 Å². The minimum absolute atomic E-state index is 0.0306. The molecule has 0 saturated carbocycles. The molecule has 1 amide bonds. The Morgan fingerprint density at radius 1 is 1.07 bits per heavy atom. The fraction of sp³-hybridized carbons (Fsp3) is 0.348. The molecule has 0 aromatic heterocycles. The van der Waals surface area contributed by atoms with Crippen LogP contribution in [0.4, 0.5) is 0 Å². The predicted molar refractivity (Wildman–Crippen MR) is 116 cm³/mol. The van der Waals surface area contributed by atoms with Crippen molar-refractivity contribution in [2.24, 2.45) is 0 Å². The molecule has 1 fully saturated rings. The van der Waals surface area contributed by atoms with Crippen LogP contribution < -0.4 is 5.32 Å². The van der Waals surface area contributed by atoms with Gasteiger partial charge < -0.3 is 10.2 Å². The normalized spacial score (nSPS) is 17.3. The molecule has 5 heteroatoms. The van der Waals surface area contributed by atoms with Gasteiger partial charge in [0.25, 0.3) is 0 Å². The lowest BCUT2D eigenvalue weighted by Crippen LogP contribution is -2.48. The van der Waals surface area contributed by atoms with Crippen LogP contribution in [0, 0.1) is 0 Å². The number of carbonyl (C=O) groups is 1. The summed E-state index contributed by atoms with van der Waals surface area (Å²) >= 11 is 6.07. The first kappa shape index (κ1) is 20.6. The largest absolute Gasteiger partial charge is 0.350 e. The first-order valence-electron chi connectivity index (χ1n) is 9.72. The number of likely N-dealkylation sites (N-methyl/N-ethyl adjacent to an activating group) is 1. The summed E-state index contributed by atoms with van der Waals surface area (Å²) in [4.78, 5) is 17.4. The minimum Gasteiger partial charge on any atom is -0.350 e. The lowest BCUT2D eigenvalue weighted by molar-refractivity contribution is -0.117. The quantitative estimate of drug-likeness (QED) is 0.752. The van der Waals surface area contributed by atoms with Crippen LogP contribution in [0.5, 0.6) is 0 Å². The monoisotopic (exact) mass is 397 g/mol. The third-order valence-electron chi connectivity index (χ3n) is 5.23. The van der Waals surface area contributed by atoms with Crippen molar-refractivity contribution in [1.29, 1.82) is 0 Å². The summed E-state index contributed by atoms with van der Waals surface area (Å²) in [5.74, 6) is -0.0306. The molecule has 1 N–H and O–H groups in total. The maximum absolute atomic E-state index is 12.6. The van der Waals surface area contributed by atoms with E-state index in [0.717, 1.165) is 36.8 Å². The van der Waals surface area contributed by atoms with Crippen molar-refractivity contribution in [1.82, 2.24) is 15.1 Å². The van der Waals surface area contributed by atoms with Gasteiger partial charge in [0.05, 0.1) is 6.04 Å². The summed E-state index contributed by atoms with van der Waals surface area (Å²) in [5, 5.41) is 3.86. The topological polar surface area (TPSA) is 35.6 Å². The Balaban J connectivity index is 1.69. The summed E-state index contributed by atoms with van der Waals surface area (Å²) < 4.78 is 0. The first-order chi connectivity index (χ1) is 13.5. The highest BCUT2D eigenvalue weighted by molar-refractivity contribution is 6.30. The third-order valence-corrected chi connectivity index (χ3v) is 5.48. The molecule has 4 nitrogen and oxygen atoms in total.